The molecular formula is C46H32Si. The van der Waals surface area contributed by atoms with Crippen molar-refractivity contribution >= 4 is 45.2 Å². The molecular weight excluding hydrogens is 581 g/mol. The Morgan fingerprint density at radius 2 is 0.681 bits per heavy atom. The third-order valence-electron chi connectivity index (χ3n) is 9.16. The van der Waals surface area contributed by atoms with E-state index < -0.39 is 8.07 Å². The molecule has 8 aromatic rings. The van der Waals surface area contributed by atoms with Gasteiger partial charge in [0.1, 0.15) is 0 Å². The zero-order chi connectivity index (χ0) is 31.5. The highest BCUT2D eigenvalue weighted by molar-refractivity contribution is 7.16. The summed E-state index contributed by atoms with van der Waals surface area (Å²) < 4.78 is 0. The van der Waals surface area contributed by atoms with Crippen molar-refractivity contribution in [2.45, 2.75) is 0 Å². The number of benzene rings is 8. The molecule has 0 atom stereocenters. The Morgan fingerprint density at radius 1 is 0.319 bits per heavy atom. The van der Waals surface area contributed by atoms with E-state index in [4.69, 9.17) is 0 Å². The van der Waals surface area contributed by atoms with Gasteiger partial charge in [-0.2, -0.15) is 0 Å². The monoisotopic (exact) mass is 612 g/mol. The third-order valence-corrected chi connectivity index (χ3v) is 13.3. The Kier molecular flexibility index (Phi) is 7.56. The number of fused-ring (bicyclic) bond motifs is 2. The van der Waals surface area contributed by atoms with Crippen LogP contribution in [-0.4, -0.2) is 8.07 Å². The Morgan fingerprint density at radius 3 is 1.06 bits per heavy atom. The van der Waals surface area contributed by atoms with E-state index in [0.717, 1.165) is 5.56 Å². The molecule has 47 heavy (non-hydrogen) atoms. The Bertz CT molecular complexity index is 2180. The van der Waals surface area contributed by atoms with Crippen LogP contribution < -0.4 is 15.6 Å². The van der Waals surface area contributed by atoms with Gasteiger partial charge in [0.25, 0.3) is 0 Å². The second kappa shape index (κ2) is 12.5. The first-order valence-electron chi connectivity index (χ1n) is 16.1. The van der Waals surface area contributed by atoms with Gasteiger partial charge in [0.15, 0.2) is 0 Å². The summed E-state index contributed by atoms with van der Waals surface area (Å²) in [6.45, 7) is 0. The van der Waals surface area contributed by atoms with Crippen LogP contribution in [0.4, 0.5) is 0 Å². The smallest absolute Gasteiger partial charge is 0.109 e. The van der Waals surface area contributed by atoms with Crippen LogP contribution in [0.25, 0.3) is 43.8 Å². The minimum absolute atomic E-state index is 1.08. The van der Waals surface area contributed by atoms with E-state index in [1.54, 1.807) is 0 Å². The first-order chi connectivity index (χ1) is 23.3. The lowest BCUT2D eigenvalue weighted by Gasteiger charge is -2.28. The van der Waals surface area contributed by atoms with E-state index >= 15 is 0 Å². The minimum Gasteiger partial charge on any atom is -0.109 e. The van der Waals surface area contributed by atoms with Gasteiger partial charge >= 0.3 is 0 Å². The standard InChI is InChI=1S/C46H32Si/c1-6-16-35(17-7-1)37-26-28-44-39(32-37)34-40-33-38(36-18-8-2-9-19-36)27-29-45(40)46(44)30-31-47(41-20-10-3-11-21-41,42-22-12-4-13-23-42)43-24-14-5-15-25-43/h1-29,32-34H. The largest absolute Gasteiger partial charge is 0.230 e. The first kappa shape index (κ1) is 28.5. The molecule has 0 saturated carbocycles. The SMILES string of the molecule is C(#C[Si](c1ccccc1)(c1ccccc1)c1ccccc1)c1c2ccc(-c3ccccc3)cc2cc2cc(-c3ccccc3)ccc12. The number of hydrogen-bond donors (Lipinski definition) is 0. The Balaban J connectivity index is 1.43. The molecule has 0 aliphatic rings. The van der Waals surface area contributed by atoms with Gasteiger partial charge < -0.3 is 0 Å². The molecule has 0 aromatic heterocycles. The summed E-state index contributed by atoms with van der Waals surface area (Å²) in [7, 11) is -2.77. The summed E-state index contributed by atoms with van der Waals surface area (Å²) in [6.07, 6.45) is 0. The van der Waals surface area contributed by atoms with Crippen LogP contribution in [-0.2, 0) is 0 Å². The minimum atomic E-state index is -2.77. The second-order valence-electron chi connectivity index (χ2n) is 12.0. The molecule has 0 bridgehead atoms. The van der Waals surface area contributed by atoms with Gasteiger partial charge in [0.05, 0.1) is 0 Å². The highest BCUT2D eigenvalue weighted by atomic mass is 28.3. The highest BCUT2D eigenvalue weighted by Gasteiger charge is 2.38. The second-order valence-corrected chi connectivity index (χ2v) is 15.4. The summed E-state index contributed by atoms with van der Waals surface area (Å²) >= 11 is 0. The van der Waals surface area contributed by atoms with Crippen LogP contribution in [0.1, 0.15) is 5.56 Å². The molecule has 0 aliphatic heterocycles. The molecule has 8 aromatic carbocycles. The molecule has 1 heteroatoms. The highest BCUT2D eigenvalue weighted by Crippen LogP contribution is 2.34. The van der Waals surface area contributed by atoms with Crippen molar-refractivity contribution in [3.05, 3.63) is 200 Å². The van der Waals surface area contributed by atoms with Gasteiger partial charge in [-0.3, -0.25) is 0 Å². The van der Waals surface area contributed by atoms with Gasteiger partial charge in [0, 0.05) is 5.56 Å². The van der Waals surface area contributed by atoms with Crippen LogP contribution in [0.2, 0.25) is 0 Å². The van der Waals surface area contributed by atoms with Crippen molar-refractivity contribution in [1.29, 1.82) is 0 Å². The molecule has 0 heterocycles. The van der Waals surface area contributed by atoms with Crippen LogP contribution >= 0.6 is 0 Å². The maximum Gasteiger partial charge on any atom is 0.230 e. The lowest BCUT2D eigenvalue weighted by atomic mass is 9.92. The fourth-order valence-corrected chi connectivity index (χ4v) is 10.6. The molecule has 0 aliphatic carbocycles. The topological polar surface area (TPSA) is 0 Å². The van der Waals surface area contributed by atoms with E-state index in [1.807, 2.05) is 0 Å². The molecule has 220 valence electrons. The normalized spacial score (nSPS) is 11.2. The van der Waals surface area contributed by atoms with E-state index in [1.165, 1.54) is 59.4 Å². The van der Waals surface area contributed by atoms with E-state index in [9.17, 15) is 0 Å². The lowest BCUT2D eigenvalue weighted by Crippen LogP contribution is -2.66. The molecule has 0 radical (unpaired) electrons. The first-order valence-corrected chi connectivity index (χ1v) is 18.1. The Hall–Kier alpha value is -5.94. The van der Waals surface area contributed by atoms with Gasteiger partial charge in [0.2, 0.25) is 8.07 Å². The number of rotatable bonds is 5. The summed E-state index contributed by atoms with van der Waals surface area (Å²) in [5, 5.41) is 8.59. The molecule has 8 rings (SSSR count). The summed E-state index contributed by atoms with van der Waals surface area (Å²) in [5.74, 6) is 3.90. The molecule has 0 saturated heterocycles. The van der Waals surface area contributed by atoms with Gasteiger partial charge in [-0.05, 0) is 77.6 Å². The molecule has 0 N–H and O–H groups in total. The quantitative estimate of drug-likeness (QED) is 0.0786. The summed E-state index contributed by atoms with van der Waals surface area (Å²) in [4.78, 5) is 0. The molecule has 0 nitrogen and oxygen atoms in total. The van der Waals surface area contributed by atoms with Crippen molar-refractivity contribution in [2.75, 3.05) is 0 Å². The fraction of sp³-hybridized carbons (Fsp3) is 0. The zero-order valence-corrected chi connectivity index (χ0v) is 27.0. The predicted octanol–water partition coefficient (Wildman–Crippen LogP) is 9.39. The molecule has 0 unspecified atom stereocenters. The van der Waals surface area contributed by atoms with E-state index in [-0.39, 0.29) is 0 Å². The number of hydrogen-bond acceptors (Lipinski definition) is 0. The van der Waals surface area contributed by atoms with E-state index in [2.05, 4.69) is 206 Å². The van der Waals surface area contributed by atoms with Gasteiger partial charge in [-0.25, -0.2) is 0 Å². The Labute approximate surface area is 277 Å². The zero-order valence-electron chi connectivity index (χ0n) is 26.0. The molecule has 0 spiro atoms. The van der Waals surface area contributed by atoms with Crippen LogP contribution in [0.15, 0.2) is 194 Å². The van der Waals surface area contributed by atoms with Crippen molar-refractivity contribution in [3.8, 4) is 33.7 Å². The fourth-order valence-electron chi connectivity index (χ4n) is 6.82. The van der Waals surface area contributed by atoms with Crippen LogP contribution in [0.3, 0.4) is 0 Å². The van der Waals surface area contributed by atoms with Crippen LogP contribution in [0, 0.1) is 11.5 Å². The average molecular weight is 613 g/mol. The van der Waals surface area contributed by atoms with Gasteiger partial charge in [-0.1, -0.05) is 182 Å². The van der Waals surface area contributed by atoms with Crippen LogP contribution in [0.5, 0.6) is 0 Å². The van der Waals surface area contributed by atoms with E-state index in [0.29, 0.717) is 0 Å². The summed E-state index contributed by atoms with van der Waals surface area (Å²) in [6, 6.07) is 70.0. The maximum absolute atomic E-state index is 4.06. The predicted molar refractivity (Wildman–Crippen MR) is 203 cm³/mol. The summed E-state index contributed by atoms with van der Waals surface area (Å²) in [5.41, 5.74) is 9.98. The molecule has 0 amide bonds. The molecule has 0 fully saturated rings. The van der Waals surface area contributed by atoms with Crippen molar-refractivity contribution in [3.63, 3.8) is 0 Å². The van der Waals surface area contributed by atoms with Crippen molar-refractivity contribution in [2.24, 2.45) is 0 Å². The third kappa shape index (κ3) is 5.36. The van der Waals surface area contributed by atoms with Crippen molar-refractivity contribution < 1.29 is 0 Å². The maximum atomic E-state index is 4.06. The van der Waals surface area contributed by atoms with Gasteiger partial charge in [-0.15, -0.1) is 5.54 Å². The average Bonchev–Trinajstić information content (AvgIpc) is 3.16. The van der Waals surface area contributed by atoms with Crippen molar-refractivity contribution in [1.82, 2.24) is 0 Å². The lowest BCUT2D eigenvalue weighted by molar-refractivity contribution is 1.63.